The predicted octanol–water partition coefficient (Wildman–Crippen LogP) is 1.82. The zero-order chi connectivity index (χ0) is 16.1. The molecule has 0 spiro atoms. The number of carbonyl (C=O) groups is 2. The SMILES string of the molecule is COc1ccc(C)cc1N(CCNC(=O)NC1CC1)C(C)=O. The van der Waals surface area contributed by atoms with Crippen molar-refractivity contribution in [1.82, 2.24) is 10.6 Å². The Bertz CT molecular complexity index is 556. The summed E-state index contributed by atoms with van der Waals surface area (Å²) in [5.41, 5.74) is 1.76. The van der Waals surface area contributed by atoms with E-state index in [0.29, 0.717) is 24.9 Å². The molecule has 2 N–H and O–H groups in total. The van der Waals surface area contributed by atoms with Crippen molar-refractivity contribution in [2.45, 2.75) is 32.7 Å². The van der Waals surface area contributed by atoms with Gasteiger partial charge < -0.3 is 20.3 Å². The predicted molar refractivity (Wildman–Crippen MR) is 85.3 cm³/mol. The Balaban J connectivity index is 1.98. The van der Waals surface area contributed by atoms with Gasteiger partial charge in [0.05, 0.1) is 12.8 Å². The van der Waals surface area contributed by atoms with Crippen LogP contribution in [0.5, 0.6) is 5.75 Å². The number of rotatable bonds is 6. The summed E-state index contributed by atoms with van der Waals surface area (Å²) in [5, 5.41) is 5.63. The van der Waals surface area contributed by atoms with E-state index in [-0.39, 0.29) is 11.9 Å². The number of urea groups is 1. The quantitative estimate of drug-likeness (QED) is 0.842. The minimum absolute atomic E-state index is 0.0895. The van der Waals surface area contributed by atoms with Gasteiger partial charge in [-0.1, -0.05) is 6.07 Å². The number of carbonyl (C=O) groups excluding carboxylic acids is 2. The Morgan fingerprint density at radius 1 is 1.36 bits per heavy atom. The zero-order valence-electron chi connectivity index (χ0n) is 13.3. The second kappa shape index (κ2) is 7.15. The summed E-state index contributed by atoms with van der Waals surface area (Å²) < 4.78 is 5.33. The Morgan fingerprint density at radius 3 is 2.68 bits per heavy atom. The third-order valence-corrected chi connectivity index (χ3v) is 3.54. The molecule has 1 aromatic rings. The van der Waals surface area contributed by atoms with Crippen LogP contribution in [0.3, 0.4) is 0 Å². The molecular weight excluding hydrogens is 282 g/mol. The molecule has 1 aliphatic carbocycles. The van der Waals surface area contributed by atoms with E-state index in [2.05, 4.69) is 10.6 Å². The molecule has 0 aromatic heterocycles. The average molecular weight is 305 g/mol. The highest BCUT2D eigenvalue weighted by molar-refractivity contribution is 5.93. The molecule has 6 nitrogen and oxygen atoms in total. The number of anilines is 1. The number of amides is 3. The summed E-state index contributed by atoms with van der Waals surface area (Å²) in [6, 6.07) is 5.82. The molecule has 1 aromatic carbocycles. The summed E-state index contributed by atoms with van der Waals surface area (Å²) in [6.07, 6.45) is 2.10. The van der Waals surface area contributed by atoms with Gasteiger partial charge >= 0.3 is 6.03 Å². The molecule has 0 radical (unpaired) electrons. The first-order chi connectivity index (χ1) is 10.5. The molecule has 0 heterocycles. The highest BCUT2D eigenvalue weighted by Gasteiger charge is 2.23. The van der Waals surface area contributed by atoms with E-state index in [0.717, 1.165) is 24.1 Å². The van der Waals surface area contributed by atoms with Crippen LogP contribution in [0, 0.1) is 6.92 Å². The third kappa shape index (κ3) is 4.38. The van der Waals surface area contributed by atoms with Crippen LogP contribution < -0.4 is 20.3 Å². The minimum Gasteiger partial charge on any atom is -0.495 e. The largest absolute Gasteiger partial charge is 0.495 e. The van der Waals surface area contributed by atoms with Crippen molar-refractivity contribution in [3.63, 3.8) is 0 Å². The lowest BCUT2D eigenvalue weighted by Crippen LogP contribution is -2.42. The van der Waals surface area contributed by atoms with Crippen molar-refractivity contribution in [1.29, 1.82) is 0 Å². The number of aryl methyl sites for hydroxylation is 1. The van der Waals surface area contributed by atoms with Crippen LogP contribution in [-0.2, 0) is 4.79 Å². The van der Waals surface area contributed by atoms with E-state index in [9.17, 15) is 9.59 Å². The summed E-state index contributed by atoms with van der Waals surface area (Å²) in [6.45, 7) is 4.25. The van der Waals surface area contributed by atoms with Gasteiger partial charge in [-0.15, -0.1) is 0 Å². The van der Waals surface area contributed by atoms with Crippen LogP contribution >= 0.6 is 0 Å². The van der Waals surface area contributed by atoms with E-state index in [1.807, 2.05) is 25.1 Å². The van der Waals surface area contributed by atoms with Crippen LogP contribution in [-0.4, -0.2) is 38.2 Å². The van der Waals surface area contributed by atoms with Crippen LogP contribution in [0.4, 0.5) is 10.5 Å². The second-order valence-electron chi connectivity index (χ2n) is 5.52. The van der Waals surface area contributed by atoms with Gasteiger partial charge in [0.1, 0.15) is 5.75 Å². The summed E-state index contributed by atoms with van der Waals surface area (Å²) in [4.78, 5) is 25.2. The van der Waals surface area contributed by atoms with E-state index in [4.69, 9.17) is 4.74 Å². The van der Waals surface area contributed by atoms with Crippen molar-refractivity contribution in [2.24, 2.45) is 0 Å². The van der Waals surface area contributed by atoms with Crippen LogP contribution in [0.25, 0.3) is 0 Å². The molecule has 3 amide bonds. The number of nitrogens with one attached hydrogen (secondary N) is 2. The monoisotopic (exact) mass is 305 g/mol. The van der Waals surface area contributed by atoms with Crippen LogP contribution in [0.1, 0.15) is 25.3 Å². The topological polar surface area (TPSA) is 70.7 Å². The fourth-order valence-corrected chi connectivity index (χ4v) is 2.20. The summed E-state index contributed by atoms with van der Waals surface area (Å²) in [7, 11) is 1.58. The molecule has 1 saturated carbocycles. The fraction of sp³-hybridized carbons (Fsp3) is 0.500. The summed E-state index contributed by atoms with van der Waals surface area (Å²) in [5.74, 6) is 0.552. The Labute approximate surface area is 130 Å². The molecule has 1 fully saturated rings. The van der Waals surface area contributed by atoms with Gasteiger partial charge in [-0.2, -0.15) is 0 Å². The van der Waals surface area contributed by atoms with E-state index >= 15 is 0 Å². The average Bonchev–Trinajstić information content (AvgIpc) is 3.27. The van der Waals surface area contributed by atoms with Gasteiger partial charge in [0.25, 0.3) is 0 Å². The van der Waals surface area contributed by atoms with Gasteiger partial charge in [0.2, 0.25) is 5.91 Å². The van der Waals surface area contributed by atoms with E-state index in [1.54, 1.807) is 12.0 Å². The Kier molecular flexibility index (Phi) is 5.25. The van der Waals surface area contributed by atoms with Gasteiger partial charge in [0, 0.05) is 26.1 Å². The molecule has 0 saturated heterocycles. The normalized spacial score (nSPS) is 13.4. The lowest BCUT2D eigenvalue weighted by Gasteiger charge is -2.24. The van der Waals surface area contributed by atoms with Crippen molar-refractivity contribution in [2.75, 3.05) is 25.1 Å². The molecule has 22 heavy (non-hydrogen) atoms. The Hall–Kier alpha value is -2.24. The Morgan fingerprint density at radius 2 is 2.09 bits per heavy atom. The zero-order valence-corrected chi connectivity index (χ0v) is 13.3. The number of hydrogen-bond donors (Lipinski definition) is 2. The van der Waals surface area contributed by atoms with Crippen LogP contribution in [0.15, 0.2) is 18.2 Å². The van der Waals surface area contributed by atoms with Crippen LogP contribution in [0.2, 0.25) is 0 Å². The lowest BCUT2D eigenvalue weighted by molar-refractivity contribution is -0.116. The number of methoxy groups -OCH3 is 1. The first-order valence-electron chi connectivity index (χ1n) is 7.48. The van der Waals surface area contributed by atoms with Gasteiger partial charge in [0.15, 0.2) is 0 Å². The number of benzene rings is 1. The van der Waals surface area contributed by atoms with Crippen molar-refractivity contribution in [3.05, 3.63) is 23.8 Å². The molecule has 120 valence electrons. The molecule has 0 atom stereocenters. The van der Waals surface area contributed by atoms with Crippen molar-refractivity contribution < 1.29 is 14.3 Å². The van der Waals surface area contributed by atoms with Gasteiger partial charge in [-0.3, -0.25) is 4.79 Å². The molecule has 6 heteroatoms. The fourth-order valence-electron chi connectivity index (χ4n) is 2.20. The number of nitrogens with zero attached hydrogens (tertiary/aromatic N) is 1. The second-order valence-corrected chi connectivity index (χ2v) is 5.52. The third-order valence-electron chi connectivity index (χ3n) is 3.54. The molecule has 0 aliphatic heterocycles. The highest BCUT2D eigenvalue weighted by atomic mass is 16.5. The van der Waals surface area contributed by atoms with Crippen molar-refractivity contribution >= 4 is 17.6 Å². The standard InChI is InChI=1S/C16H23N3O3/c1-11-4-7-15(22-3)14(10-11)19(12(2)20)9-8-17-16(21)18-13-5-6-13/h4,7,10,13H,5-6,8-9H2,1-3H3,(H2,17,18,21). The van der Waals surface area contributed by atoms with Crippen molar-refractivity contribution in [3.8, 4) is 5.75 Å². The molecule has 0 bridgehead atoms. The lowest BCUT2D eigenvalue weighted by atomic mass is 10.2. The maximum absolute atomic E-state index is 11.9. The molecule has 2 rings (SSSR count). The molecule has 0 unspecified atom stereocenters. The number of ether oxygens (including phenoxy) is 1. The highest BCUT2D eigenvalue weighted by Crippen LogP contribution is 2.29. The smallest absolute Gasteiger partial charge is 0.315 e. The summed E-state index contributed by atoms with van der Waals surface area (Å²) >= 11 is 0. The van der Waals surface area contributed by atoms with E-state index in [1.165, 1.54) is 6.92 Å². The minimum atomic E-state index is -0.179. The first-order valence-corrected chi connectivity index (χ1v) is 7.48. The molecule has 1 aliphatic rings. The number of hydrogen-bond acceptors (Lipinski definition) is 3. The van der Waals surface area contributed by atoms with E-state index < -0.39 is 0 Å². The maximum atomic E-state index is 11.9. The first kappa shape index (κ1) is 16.1. The van der Waals surface area contributed by atoms with Gasteiger partial charge in [-0.25, -0.2) is 4.79 Å². The maximum Gasteiger partial charge on any atom is 0.315 e. The molecular formula is C16H23N3O3. The van der Waals surface area contributed by atoms with Gasteiger partial charge in [-0.05, 0) is 37.5 Å².